The molecule has 2 heterocycles. The number of hydrogen-bond donors (Lipinski definition) is 1. The Bertz CT molecular complexity index is 1080. The highest BCUT2D eigenvalue weighted by Gasteiger charge is 2.49. The van der Waals surface area contributed by atoms with Crippen molar-refractivity contribution in [1.29, 1.82) is 0 Å². The number of anilines is 1. The number of carbonyl (C=O) groups is 1. The van der Waals surface area contributed by atoms with Gasteiger partial charge in [0.05, 0.1) is 23.8 Å². The minimum atomic E-state index is -4.70. The summed E-state index contributed by atoms with van der Waals surface area (Å²) in [6.45, 7) is 1.62. The summed E-state index contributed by atoms with van der Waals surface area (Å²) in [7, 11) is 0. The van der Waals surface area contributed by atoms with Crippen molar-refractivity contribution in [2.24, 2.45) is 0 Å². The van der Waals surface area contributed by atoms with Crippen molar-refractivity contribution in [3.05, 3.63) is 54.4 Å². The summed E-state index contributed by atoms with van der Waals surface area (Å²) in [5.41, 5.74) is -2.19. The second-order valence-corrected chi connectivity index (χ2v) is 6.74. The number of nitrogens with one attached hydrogen (secondary N) is 1. The van der Waals surface area contributed by atoms with Gasteiger partial charge < -0.3 is 10.1 Å². The smallest absolute Gasteiger partial charge is 0.427 e. The van der Waals surface area contributed by atoms with Crippen LogP contribution in [0.15, 0.2) is 42.7 Å². The van der Waals surface area contributed by atoms with Crippen LogP contribution in [0, 0.1) is 11.6 Å². The van der Waals surface area contributed by atoms with Gasteiger partial charge in [0.1, 0.15) is 17.4 Å². The van der Waals surface area contributed by atoms with E-state index < -0.39 is 23.4 Å². The average Bonchev–Trinajstić information content (AvgIpc) is 3.04. The monoisotopic (exact) mass is 426 g/mol. The Hall–Kier alpha value is -3.50. The molecule has 0 unspecified atom stereocenters. The van der Waals surface area contributed by atoms with Gasteiger partial charge in [-0.2, -0.15) is 13.2 Å². The second-order valence-electron chi connectivity index (χ2n) is 6.74. The van der Waals surface area contributed by atoms with Crippen LogP contribution in [0.5, 0.6) is 5.75 Å². The number of amides is 1. The Morgan fingerprint density at radius 1 is 1.03 bits per heavy atom. The maximum atomic E-state index is 14.2. The Morgan fingerprint density at radius 2 is 1.77 bits per heavy atom. The highest BCUT2D eigenvalue weighted by Crippen LogP contribution is 2.36. The number of pyridine rings is 1. The van der Waals surface area contributed by atoms with Crippen molar-refractivity contribution in [1.82, 2.24) is 14.8 Å². The van der Waals surface area contributed by atoms with Crippen LogP contribution < -0.4 is 10.1 Å². The van der Waals surface area contributed by atoms with Gasteiger partial charge >= 0.3 is 6.18 Å². The number of ether oxygens (including phenoxy) is 1. The number of hydrogen-bond acceptors (Lipinski definition) is 4. The summed E-state index contributed by atoms with van der Waals surface area (Å²) < 4.78 is 73.4. The average molecular weight is 426 g/mol. The molecule has 0 saturated carbocycles. The SMILES string of the molecule is CC(C)(Oc1cc(F)cc(-c2cc(NC=O)nn2-c2cncc(F)c2)c1)C(F)(F)F. The van der Waals surface area contributed by atoms with E-state index in [0.717, 1.165) is 42.9 Å². The van der Waals surface area contributed by atoms with E-state index in [1.807, 2.05) is 0 Å². The molecule has 3 rings (SSSR count). The van der Waals surface area contributed by atoms with E-state index in [0.29, 0.717) is 6.41 Å². The zero-order valence-electron chi connectivity index (χ0n) is 15.7. The summed E-state index contributed by atoms with van der Waals surface area (Å²) in [5.74, 6) is -1.86. The van der Waals surface area contributed by atoms with Gasteiger partial charge in [-0.25, -0.2) is 13.5 Å². The fraction of sp³-hybridized carbons (Fsp3) is 0.211. The first-order valence-corrected chi connectivity index (χ1v) is 8.48. The number of benzene rings is 1. The molecule has 0 aliphatic heterocycles. The first kappa shape index (κ1) is 21.2. The molecule has 0 saturated heterocycles. The Balaban J connectivity index is 2.11. The summed E-state index contributed by atoms with van der Waals surface area (Å²) in [4.78, 5) is 14.5. The molecule has 1 aromatic carbocycles. The zero-order chi connectivity index (χ0) is 22.1. The molecule has 3 aromatic rings. The second kappa shape index (κ2) is 7.73. The van der Waals surface area contributed by atoms with Gasteiger partial charge in [0.25, 0.3) is 0 Å². The van der Waals surface area contributed by atoms with Gasteiger partial charge in [-0.15, -0.1) is 5.10 Å². The van der Waals surface area contributed by atoms with Crippen LogP contribution in [-0.2, 0) is 4.79 Å². The molecule has 158 valence electrons. The van der Waals surface area contributed by atoms with Crippen molar-refractivity contribution >= 4 is 12.2 Å². The van der Waals surface area contributed by atoms with E-state index in [-0.39, 0.29) is 28.5 Å². The van der Waals surface area contributed by atoms with Crippen LogP contribution in [0.3, 0.4) is 0 Å². The van der Waals surface area contributed by atoms with Crippen LogP contribution in [0.4, 0.5) is 27.8 Å². The molecule has 2 aromatic heterocycles. The maximum Gasteiger partial charge on any atom is 0.427 e. The minimum absolute atomic E-state index is 0.0478. The highest BCUT2D eigenvalue weighted by atomic mass is 19.4. The van der Waals surface area contributed by atoms with Crippen LogP contribution in [0.2, 0.25) is 0 Å². The third kappa shape index (κ3) is 4.39. The molecule has 11 heteroatoms. The lowest BCUT2D eigenvalue weighted by Gasteiger charge is -2.29. The molecule has 6 nitrogen and oxygen atoms in total. The lowest BCUT2D eigenvalue weighted by molar-refractivity contribution is -0.234. The van der Waals surface area contributed by atoms with Gasteiger partial charge in [-0.3, -0.25) is 9.78 Å². The summed E-state index contributed by atoms with van der Waals surface area (Å²) >= 11 is 0. The number of alkyl halides is 3. The number of halogens is 5. The van der Waals surface area contributed by atoms with Crippen molar-refractivity contribution in [2.45, 2.75) is 25.6 Å². The largest absolute Gasteiger partial charge is 0.478 e. The fourth-order valence-corrected chi connectivity index (χ4v) is 2.55. The molecule has 0 aliphatic carbocycles. The summed E-state index contributed by atoms with van der Waals surface area (Å²) in [6, 6.07) is 5.47. The van der Waals surface area contributed by atoms with Gasteiger partial charge in [0.2, 0.25) is 6.41 Å². The van der Waals surface area contributed by atoms with Crippen LogP contribution in [0.1, 0.15) is 13.8 Å². The van der Waals surface area contributed by atoms with E-state index >= 15 is 0 Å². The van der Waals surface area contributed by atoms with Gasteiger partial charge in [-0.1, -0.05) is 0 Å². The molecular formula is C19H15F5N4O2. The van der Waals surface area contributed by atoms with E-state index in [2.05, 4.69) is 15.4 Å². The third-order valence-electron chi connectivity index (χ3n) is 4.07. The van der Waals surface area contributed by atoms with E-state index in [1.54, 1.807) is 0 Å². The number of rotatable bonds is 6. The van der Waals surface area contributed by atoms with Crippen molar-refractivity contribution < 1.29 is 31.5 Å². The molecule has 0 radical (unpaired) electrons. The molecular weight excluding hydrogens is 411 g/mol. The Labute approximate surface area is 167 Å². The van der Waals surface area contributed by atoms with Crippen LogP contribution in [0.25, 0.3) is 16.9 Å². The number of carbonyl (C=O) groups excluding carboxylic acids is 1. The van der Waals surface area contributed by atoms with Crippen molar-refractivity contribution in [3.63, 3.8) is 0 Å². The van der Waals surface area contributed by atoms with Gasteiger partial charge in [-0.05, 0) is 26.0 Å². The first-order valence-electron chi connectivity index (χ1n) is 8.48. The molecule has 0 aliphatic rings. The first-order chi connectivity index (χ1) is 14.0. The fourth-order valence-electron chi connectivity index (χ4n) is 2.55. The summed E-state index contributed by atoms with van der Waals surface area (Å²) in [6.07, 6.45) is -2.11. The standard InChI is InChI=1S/C19H15F5N4O2/c1-18(2,19(22,23)24)30-15-4-11(3-12(20)6-15)16-7-17(26-10-29)27-28(16)14-5-13(21)8-25-9-14/h3-10H,1-2H3,(H,26,27,29). The predicted octanol–water partition coefficient (Wildman–Crippen LogP) is 4.50. The van der Waals surface area contributed by atoms with E-state index in [4.69, 9.17) is 4.74 Å². The molecule has 1 amide bonds. The van der Waals surface area contributed by atoms with Crippen LogP contribution in [-0.4, -0.2) is 33.0 Å². The van der Waals surface area contributed by atoms with Crippen molar-refractivity contribution in [2.75, 3.05) is 5.32 Å². The lowest BCUT2D eigenvalue weighted by atomic mass is 10.1. The minimum Gasteiger partial charge on any atom is -0.478 e. The lowest BCUT2D eigenvalue weighted by Crippen LogP contribution is -2.44. The molecule has 1 N–H and O–H groups in total. The van der Waals surface area contributed by atoms with E-state index in [1.165, 1.54) is 18.3 Å². The number of nitrogens with zero attached hydrogens (tertiary/aromatic N) is 3. The molecule has 0 atom stereocenters. The van der Waals surface area contributed by atoms with Gasteiger partial charge in [0.15, 0.2) is 11.4 Å². The Morgan fingerprint density at radius 3 is 2.40 bits per heavy atom. The summed E-state index contributed by atoms with van der Waals surface area (Å²) in [5, 5.41) is 6.39. The maximum absolute atomic E-state index is 14.2. The Kier molecular flexibility index (Phi) is 5.47. The third-order valence-corrected chi connectivity index (χ3v) is 4.07. The zero-order valence-corrected chi connectivity index (χ0v) is 15.7. The van der Waals surface area contributed by atoms with Crippen molar-refractivity contribution in [3.8, 4) is 22.7 Å². The van der Waals surface area contributed by atoms with E-state index in [9.17, 15) is 26.7 Å². The normalized spacial score (nSPS) is 12.0. The quantitative estimate of drug-likeness (QED) is 0.466. The number of aromatic nitrogens is 3. The van der Waals surface area contributed by atoms with Crippen LogP contribution >= 0.6 is 0 Å². The van der Waals surface area contributed by atoms with Gasteiger partial charge in [0, 0.05) is 23.8 Å². The topological polar surface area (TPSA) is 69.0 Å². The highest BCUT2D eigenvalue weighted by molar-refractivity contribution is 5.74. The molecule has 30 heavy (non-hydrogen) atoms. The predicted molar refractivity (Wildman–Crippen MR) is 97.2 cm³/mol. The molecule has 0 fully saturated rings. The molecule has 0 spiro atoms. The molecule has 0 bridgehead atoms.